The Bertz CT molecular complexity index is 616. The first kappa shape index (κ1) is 14.4. The Balaban J connectivity index is 2.29. The maximum atomic E-state index is 13.6. The number of rotatable bonds is 5. The maximum absolute atomic E-state index is 13.6. The molecule has 2 atom stereocenters. The van der Waals surface area contributed by atoms with Gasteiger partial charge in [0.25, 0.3) is 0 Å². The number of sulfonamides is 1. The van der Waals surface area contributed by atoms with Crippen LogP contribution < -0.4 is 10.5 Å². The zero-order chi connectivity index (χ0) is 14.2. The topological polar surface area (TPSA) is 72.2 Å². The summed E-state index contributed by atoms with van der Waals surface area (Å²) in [5, 5.41) is 0. The predicted molar refractivity (Wildman–Crippen MR) is 74.7 cm³/mol. The van der Waals surface area contributed by atoms with Crippen molar-refractivity contribution in [1.29, 1.82) is 0 Å². The van der Waals surface area contributed by atoms with Crippen LogP contribution in [-0.2, 0) is 10.0 Å². The molecule has 0 bridgehead atoms. The highest BCUT2D eigenvalue weighted by Gasteiger charge is 2.34. The lowest BCUT2D eigenvalue weighted by Crippen LogP contribution is -2.29. The Hall–Kier alpha value is -1.05. The van der Waals surface area contributed by atoms with Gasteiger partial charge in [0.05, 0.1) is 10.5 Å². The lowest BCUT2D eigenvalue weighted by molar-refractivity contribution is 0.570. The van der Waals surface area contributed by atoms with Crippen molar-refractivity contribution in [3.63, 3.8) is 0 Å². The van der Waals surface area contributed by atoms with Crippen LogP contribution in [-0.4, -0.2) is 20.0 Å². The van der Waals surface area contributed by atoms with Gasteiger partial charge in [0, 0.05) is 6.54 Å². The molecule has 0 aliphatic heterocycles. The molecule has 2 rings (SSSR count). The number of halogens is 1. The molecular formula is C12H15FN2O2S2. The summed E-state index contributed by atoms with van der Waals surface area (Å²) >= 11 is 4.72. The number of hydrogen-bond acceptors (Lipinski definition) is 3. The molecule has 1 aromatic rings. The highest BCUT2D eigenvalue weighted by atomic mass is 32.2. The SMILES string of the molecule is CC1CC1CNS(=O)(=O)c1cccc(F)c1C(N)=S. The third-order valence-electron chi connectivity index (χ3n) is 3.32. The Kier molecular flexibility index (Phi) is 3.89. The lowest BCUT2D eigenvalue weighted by Gasteiger charge is -2.11. The number of thiocarbonyl (C=S) groups is 1. The van der Waals surface area contributed by atoms with Crippen LogP contribution >= 0.6 is 12.2 Å². The highest BCUT2D eigenvalue weighted by molar-refractivity contribution is 7.89. The molecule has 1 aliphatic carbocycles. The molecule has 19 heavy (non-hydrogen) atoms. The molecule has 0 saturated heterocycles. The number of nitrogens with one attached hydrogen (secondary N) is 1. The Labute approximate surface area is 117 Å². The fourth-order valence-corrected chi connectivity index (χ4v) is 3.54. The molecule has 0 spiro atoms. The van der Waals surface area contributed by atoms with E-state index in [-0.39, 0.29) is 15.4 Å². The van der Waals surface area contributed by atoms with Crippen molar-refractivity contribution in [3.05, 3.63) is 29.6 Å². The van der Waals surface area contributed by atoms with Gasteiger partial charge in [0.1, 0.15) is 10.8 Å². The Morgan fingerprint density at radius 3 is 2.74 bits per heavy atom. The number of benzene rings is 1. The fourth-order valence-electron chi connectivity index (χ4n) is 1.95. The standard InChI is InChI=1S/C12H15FN2O2S2/c1-7-5-8(7)6-15-19(16,17)10-4-2-3-9(13)11(10)12(14)18/h2-4,7-8,15H,5-6H2,1H3,(H2,14,18). The Morgan fingerprint density at radius 1 is 1.58 bits per heavy atom. The maximum Gasteiger partial charge on any atom is 0.241 e. The third kappa shape index (κ3) is 3.10. The second-order valence-electron chi connectivity index (χ2n) is 4.80. The van der Waals surface area contributed by atoms with E-state index in [1.165, 1.54) is 12.1 Å². The van der Waals surface area contributed by atoms with Gasteiger partial charge in [0.2, 0.25) is 10.0 Å². The quantitative estimate of drug-likeness (QED) is 0.806. The molecule has 0 aromatic heterocycles. The minimum atomic E-state index is -3.79. The van der Waals surface area contributed by atoms with Crippen LogP contribution in [0, 0.1) is 17.7 Å². The summed E-state index contributed by atoms with van der Waals surface area (Å²) in [5.41, 5.74) is 5.17. The second kappa shape index (κ2) is 5.15. The molecule has 0 radical (unpaired) electrons. The Morgan fingerprint density at radius 2 is 2.21 bits per heavy atom. The molecule has 1 saturated carbocycles. The van der Waals surface area contributed by atoms with Crippen molar-refractivity contribution in [1.82, 2.24) is 4.72 Å². The monoisotopic (exact) mass is 302 g/mol. The van der Waals surface area contributed by atoms with E-state index in [9.17, 15) is 12.8 Å². The second-order valence-corrected chi connectivity index (χ2v) is 6.98. The van der Waals surface area contributed by atoms with Gasteiger partial charge < -0.3 is 5.73 Å². The average Bonchev–Trinajstić information content (AvgIpc) is 3.02. The summed E-state index contributed by atoms with van der Waals surface area (Å²) in [6.07, 6.45) is 1.01. The van der Waals surface area contributed by atoms with Crippen LogP contribution in [0.4, 0.5) is 4.39 Å². The summed E-state index contributed by atoms with van der Waals surface area (Å²) in [6, 6.07) is 3.76. The molecule has 1 fully saturated rings. The van der Waals surface area contributed by atoms with Crippen LogP contribution in [0.15, 0.2) is 23.1 Å². The van der Waals surface area contributed by atoms with Crippen LogP contribution in [0.2, 0.25) is 0 Å². The van der Waals surface area contributed by atoms with Gasteiger partial charge in [-0.15, -0.1) is 0 Å². The summed E-state index contributed by atoms with van der Waals surface area (Å²) in [6.45, 7) is 2.42. The molecule has 1 aromatic carbocycles. The first-order valence-electron chi connectivity index (χ1n) is 5.91. The van der Waals surface area contributed by atoms with Crippen molar-refractivity contribution < 1.29 is 12.8 Å². The summed E-state index contributed by atoms with van der Waals surface area (Å²) in [7, 11) is -3.79. The average molecular weight is 302 g/mol. The third-order valence-corrected chi connectivity index (χ3v) is 4.99. The van der Waals surface area contributed by atoms with Crippen LogP contribution in [0.5, 0.6) is 0 Å². The van der Waals surface area contributed by atoms with Crippen molar-refractivity contribution in [2.24, 2.45) is 17.6 Å². The molecule has 2 unspecified atom stereocenters. The van der Waals surface area contributed by atoms with E-state index in [1.54, 1.807) is 0 Å². The van der Waals surface area contributed by atoms with E-state index in [1.807, 2.05) is 0 Å². The van der Waals surface area contributed by atoms with Gasteiger partial charge in [0.15, 0.2) is 0 Å². The van der Waals surface area contributed by atoms with E-state index >= 15 is 0 Å². The first-order valence-corrected chi connectivity index (χ1v) is 7.80. The predicted octanol–water partition coefficient (Wildman–Crippen LogP) is 1.39. The van der Waals surface area contributed by atoms with E-state index < -0.39 is 15.8 Å². The normalized spacial score (nSPS) is 22.2. The first-order chi connectivity index (χ1) is 8.83. The molecule has 1 aliphatic rings. The van der Waals surface area contributed by atoms with Crippen LogP contribution in [0.1, 0.15) is 18.9 Å². The molecular weight excluding hydrogens is 287 g/mol. The summed E-state index contributed by atoms with van der Waals surface area (Å²) < 4.78 is 40.4. The van der Waals surface area contributed by atoms with Gasteiger partial charge in [-0.2, -0.15) is 0 Å². The van der Waals surface area contributed by atoms with E-state index in [2.05, 4.69) is 11.6 Å². The van der Waals surface area contributed by atoms with Crippen molar-refractivity contribution in [2.75, 3.05) is 6.54 Å². The molecule has 3 N–H and O–H groups in total. The van der Waals surface area contributed by atoms with E-state index in [0.29, 0.717) is 18.4 Å². The lowest BCUT2D eigenvalue weighted by atomic mass is 10.2. The van der Waals surface area contributed by atoms with E-state index in [0.717, 1.165) is 12.5 Å². The molecule has 0 amide bonds. The van der Waals surface area contributed by atoms with Gasteiger partial charge in [-0.1, -0.05) is 25.2 Å². The zero-order valence-corrected chi connectivity index (χ0v) is 12.0. The van der Waals surface area contributed by atoms with Crippen LogP contribution in [0.25, 0.3) is 0 Å². The van der Waals surface area contributed by atoms with Gasteiger partial charge >= 0.3 is 0 Å². The molecule has 4 nitrogen and oxygen atoms in total. The number of hydrogen-bond donors (Lipinski definition) is 2. The van der Waals surface area contributed by atoms with Crippen molar-refractivity contribution in [3.8, 4) is 0 Å². The zero-order valence-electron chi connectivity index (χ0n) is 10.4. The number of nitrogens with two attached hydrogens (primary N) is 1. The van der Waals surface area contributed by atoms with E-state index in [4.69, 9.17) is 18.0 Å². The van der Waals surface area contributed by atoms with Crippen molar-refractivity contribution >= 4 is 27.2 Å². The molecule has 0 heterocycles. The minimum absolute atomic E-state index is 0.201. The minimum Gasteiger partial charge on any atom is -0.389 e. The van der Waals surface area contributed by atoms with Gasteiger partial charge in [-0.25, -0.2) is 17.5 Å². The smallest absolute Gasteiger partial charge is 0.241 e. The summed E-state index contributed by atoms with van der Waals surface area (Å²) in [5.74, 6) is 0.164. The fraction of sp³-hybridized carbons (Fsp3) is 0.417. The van der Waals surface area contributed by atoms with Gasteiger partial charge in [-0.3, -0.25) is 0 Å². The molecule has 104 valence electrons. The van der Waals surface area contributed by atoms with Crippen molar-refractivity contribution in [2.45, 2.75) is 18.2 Å². The van der Waals surface area contributed by atoms with Crippen LogP contribution in [0.3, 0.4) is 0 Å². The summed E-state index contributed by atoms with van der Waals surface area (Å²) in [4.78, 5) is -0.466. The highest BCUT2D eigenvalue weighted by Crippen LogP contribution is 2.37. The van der Waals surface area contributed by atoms with Gasteiger partial charge in [-0.05, 0) is 30.4 Å². The molecule has 7 heteroatoms. The largest absolute Gasteiger partial charge is 0.389 e.